The van der Waals surface area contributed by atoms with Crippen molar-refractivity contribution in [1.82, 2.24) is 10.6 Å². The predicted molar refractivity (Wildman–Crippen MR) is 93.6 cm³/mol. The van der Waals surface area contributed by atoms with Gasteiger partial charge in [-0.3, -0.25) is 19.2 Å². The van der Waals surface area contributed by atoms with E-state index in [-0.39, 0.29) is 56.0 Å². The molecule has 0 heterocycles. The summed E-state index contributed by atoms with van der Waals surface area (Å²) in [4.78, 5) is 46.1. The second kappa shape index (κ2) is 15.4. The van der Waals surface area contributed by atoms with Gasteiger partial charge in [0.1, 0.15) is 12.4 Å². The highest BCUT2D eigenvalue weighted by Crippen LogP contribution is 2.10. The molecule has 0 spiro atoms. The van der Waals surface area contributed by atoms with Crippen molar-refractivity contribution in [1.29, 1.82) is 0 Å². The Kier molecular flexibility index (Phi) is 14.3. The first-order chi connectivity index (χ1) is 12.4. The molecule has 0 bridgehead atoms. The van der Waals surface area contributed by atoms with Gasteiger partial charge in [0, 0.05) is 40.0 Å². The van der Waals surface area contributed by atoms with E-state index in [0.717, 1.165) is 0 Å². The minimum Gasteiger partial charge on any atom is -0.379 e. The molecule has 0 fully saturated rings. The summed E-state index contributed by atoms with van der Waals surface area (Å²) in [5.74, 6) is -1.60. The molecule has 9 nitrogen and oxygen atoms in total. The highest BCUT2D eigenvalue weighted by atomic mass is 16.5. The zero-order valence-electron chi connectivity index (χ0n) is 15.8. The summed E-state index contributed by atoms with van der Waals surface area (Å²) in [6, 6.07) is 0. The van der Waals surface area contributed by atoms with Crippen molar-refractivity contribution in [3.05, 3.63) is 0 Å². The topological polar surface area (TPSA) is 120 Å². The summed E-state index contributed by atoms with van der Waals surface area (Å²) >= 11 is 0. The molecule has 1 atom stereocenters. The molecule has 2 N–H and O–H groups in total. The van der Waals surface area contributed by atoms with E-state index in [1.54, 1.807) is 0 Å². The molecule has 0 unspecified atom stereocenters. The predicted octanol–water partition coefficient (Wildman–Crippen LogP) is -0.527. The normalized spacial score (nSPS) is 11.7. The first kappa shape index (κ1) is 24.2. The quantitative estimate of drug-likeness (QED) is 0.349. The molecular weight excluding hydrogens is 344 g/mol. The molecule has 0 aliphatic rings. The van der Waals surface area contributed by atoms with Gasteiger partial charge in [0.05, 0.1) is 32.3 Å². The third-order valence-electron chi connectivity index (χ3n) is 3.38. The zero-order valence-corrected chi connectivity index (χ0v) is 15.8. The van der Waals surface area contributed by atoms with Gasteiger partial charge in [-0.1, -0.05) is 0 Å². The lowest BCUT2D eigenvalue weighted by molar-refractivity contribution is -0.134. The molecule has 0 aromatic heterocycles. The Labute approximate surface area is 154 Å². The number of amides is 2. The van der Waals surface area contributed by atoms with Crippen LogP contribution in [0.1, 0.15) is 26.2 Å². The largest absolute Gasteiger partial charge is 0.379 e. The van der Waals surface area contributed by atoms with Crippen LogP contribution < -0.4 is 10.6 Å². The van der Waals surface area contributed by atoms with Crippen LogP contribution in [0.15, 0.2) is 0 Å². The summed E-state index contributed by atoms with van der Waals surface area (Å²) in [7, 11) is 2.87. The molecule has 0 aromatic rings. The van der Waals surface area contributed by atoms with Gasteiger partial charge in [0.25, 0.3) is 0 Å². The molecule has 0 aliphatic carbocycles. The zero-order chi connectivity index (χ0) is 19.8. The molecule has 0 aromatic carbocycles. The maximum atomic E-state index is 12.2. The molecule has 0 aliphatic heterocycles. The fourth-order valence-electron chi connectivity index (χ4n) is 2.01. The van der Waals surface area contributed by atoms with Crippen molar-refractivity contribution in [2.24, 2.45) is 5.92 Å². The van der Waals surface area contributed by atoms with Crippen molar-refractivity contribution in [3.8, 4) is 0 Å². The molecule has 2 amide bonds. The van der Waals surface area contributed by atoms with Crippen LogP contribution in [0.2, 0.25) is 0 Å². The standard InChI is InChI=1S/C17H30N2O7/c1-13(20)4-6-25-8-9-26-7-5-19-17(23)14(11-16(22)18-2)10-15(21)12-24-3/h14H,4-12H2,1-3H3,(H,18,22)(H,19,23)/t14-/m0/s1. The molecule has 0 saturated carbocycles. The molecule has 9 heteroatoms. The van der Waals surface area contributed by atoms with Crippen molar-refractivity contribution < 1.29 is 33.4 Å². The van der Waals surface area contributed by atoms with Crippen LogP contribution in [0.4, 0.5) is 0 Å². The summed E-state index contributed by atoms with van der Waals surface area (Å²) in [5, 5.41) is 5.10. The number of hydrogen-bond acceptors (Lipinski definition) is 7. The average molecular weight is 374 g/mol. The highest BCUT2D eigenvalue weighted by molar-refractivity contribution is 5.90. The van der Waals surface area contributed by atoms with E-state index in [4.69, 9.17) is 14.2 Å². The van der Waals surface area contributed by atoms with Gasteiger partial charge in [0.2, 0.25) is 11.8 Å². The van der Waals surface area contributed by atoms with E-state index in [2.05, 4.69) is 10.6 Å². The number of Topliss-reactive ketones (excluding diaryl/α,β-unsaturated/α-hetero) is 2. The second-order valence-corrected chi connectivity index (χ2v) is 5.72. The van der Waals surface area contributed by atoms with Gasteiger partial charge in [-0.2, -0.15) is 0 Å². The van der Waals surface area contributed by atoms with Gasteiger partial charge in [0.15, 0.2) is 5.78 Å². The Morgan fingerprint density at radius 3 is 2.19 bits per heavy atom. The van der Waals surface area contributed by atoms with Crippen molar-refractivity contribution in [3.63, 3.8) is 0 Å². The van der Waals surface area contributed by atoms with E-state index < -0.39 is 5.92 Å². The van der Waals surface area contributed by atoms with Gasteiger partial charge in [-0.25, -0.2) is 0 Å². The summed E-state index contributed by atoms with van der Waals surface area (Å²) in [6.45, 7) is 3.03. The van der Waals surface area contributed by atoms with E-state index in [1.165, 1.54) is 21.1 Å². The number of hydrogen-bond donors (Lipinski definition) is 2. The number of rotatable bonds is 16. The number of ether oxygens (including phenoxy) is 3. The summed E-state index contributed by atoms with van der Waals surface area (Å²) in [6.07, 6.45) is 0.255. The SMILES string of the molecule is CNC(=O)C[C@H](CC(=O)COC)C(=O)NCCOCCOCCC(C)=O. The van der Waals surface area contributed by atoms with Crippen LogP contribution in [0.5, 0.6) is 0 Å². The van der Waals surface area contributed by atoms with Crippen LogP contribution in [0, 0.1) is 5.92 Å². The Balaban J connectivity index is 4.02. The molecule has 26 heavy (non-hydrogen) atoms. The third kappa shape index (κ3) is 13.5. The first-order valence-electron chi connectivity index (χ1n) is 8.54. The average Bonchev–Trinajstić information content (AvgIpc) is 2.59. The van der Waals surface area contributed by atoms with Crippen molar-refractivity contribution >= 4 is 23.4 Å². The van der Waals surface area contributed by atoms with E-state index >= 15 is 0 Å². The molecule has 150 valence electrons. The Hall–Kier alpha value is -1.84. The Morgan fingerprint density at radius 1 is 0.962 bits per heavy atom. The summed E-state index contributed by atoms with van der Waals surface area (Å²) in [5.41, 5.74) is 0. The van der Waals surface area contributed by atoms with E-state index in [9.17, 15) is 19.2 Å². The van der Waals surface area contributed by atoms with Crippen LogP contribution in [0.3, 0.4) is 0 Å². The first-order valence-corrected chi connectivity index (χ1v) is 8.54. The second-order valence-electron chi connectivity index (χ2n) is 5.72. The number of ketones is 2. The molecule has 0 rings (SSSR count). The monoisotopic (exact) mass is 374 g/mol. The maximum Gasteiger partial charge on any atom is 0.224 e. The number of nitrogens with one attached hydrogen (secondary N) is 2. The van der Waals surface area contributed by atoms with Crippen LogP contribution in [-0.4, -0.2) is 77.1 Å². The number of methoxy groups -OCH3 is 1. The van der Waals surface area contributed by atoms with E-state index in [1.807, 2.05) is 0 Å². The van der Waals surface area contributed by atoms with Crippen LogP contribution >= 0.6 is 0 Å². The minimum absolute atomic E-state index is 0.0576. The molecule has 0 saturated heterocycles. The lowest BCUT2D eigenvalue weighted by atomic mass is 9.97. The number of carbonyl (C=O) groups excluding carboxylic acids is 4. The van der Waals surface area contributed by atoms with Crippen molar-refractivity contribution in [2.45, 2.75) is 26.2 Å². The highest BCUT2D eigenvalue weighted by Gasteiger charge is 2.24. The third-order valence-corrected chi connectivity index (χ3v) is 3.38. The lowest BCUT2D eigenvalue weighted by Gasteiger charge is -2.15. The summed E-state index contributed by atoms with van der Waals surface area (Å²) < 4.78 is 15.3. The fourth-order valence-corrected chi connectivity index (χ4v) is 2.01. The van der Waals surface area contributed by atoms with E-state index in [0.29, 0.717) is 26.2 Å². The Bertz CT molecular complexity index is 454. The molecular formula is C17H30N2O7. The number of carbonyl (C=O) groups is 4. The van der Waals surface area contributed by atoms with Gasteiger partial charge >= 0.3 is 0 Å². The van der Waals surface area contributed by atoms with Crippen molar-refractivity contribution in [2.75, 3.05) is 53.7 Å². The van der Waals surface area contributed by atoms with Crippen LogP contribution in [0.25, 0.3) is 0 Å². The van der Waals surface area contributed by atoms with Gasteiger partial charge < -0.3 is 24.8 Å². The van der Waals surface area contributed by atoms with Crippen LogP contribution in [-0.2, 0) is 33.4 Å². The lowest BCUT2D eigenvalue weighted by Crippen LogP contribution is -2.37. The smallest absolute Gasteiger partial charge is 0.224 e. The Morgan fingerprint density at radius 2 is 1.62 bits per heavy atom. The van der Waals surface area contributed by atoms with Gasteiger partial charge in [-0.15, -0.1) is 0 Å². The molecule has 0 radical (unpaired) electrons. The minimum atomic E-state index is -0.743. The van der Waals surface area contributed by atoms with Gasteiger partial charge in [-0.05, 0) is 6.92 Å². The fraction of sp³-hybridized carbons (Fsp3) is 0.765. The maximum absolute atomic E-state index is 12.2.